The maximum absolute atomic E-state index is 12.7. The van der Waals surface area contributed by atoms with E-state index in [9.17, 15) is 4.79 Å². The third-order valence-electron chi connectivity index (χ3n) is 6.59. The molecule has 0 saturated carbocycles. The molecule has 0 aliphatic heterocycles. The highest BCUT2D eigenvalue weighted by molar-refractivity contribution is 7.07. The number of carbonyl (C=O) groups excluding carboxylic acids is 1. The summed E-state index contributed by atoms with van der Waals surface area (Å²) in [5.41, 5.74) is 4.50. The second-order valence-corrected chi connectivity index (χ2v) is 11.0. The van der Waals surface area contributed by atoms with Gasteiger partial charge in [-0.15, -0.1) is 0 Å². The van der Waals surface area contributed by atoms with E-state index in [0.29, 0.717) is 29.6 Å². The lowest BCUT2D eigenvalue weighted by molar-refractivity contribution is -0.683. The van der Waals surface area contributed by atoms with Crippen LogP contribution >= 0.6 is 22.9 Å². The van der Waals surface area contributed by atoms with Crippen LogP contribution < -0.4 is 19.9 Å². The lowest BCUT2D eigenvalue weighted by atomic mass is 10.1. The number of nitrogens with one attached hydrogen (secondary N) is 2. The minimum Gasteiger partial charge on any atom is -0.492 e. The molecule has 0 aliphatic carbocycles. The van der Waals surface area contributed by atoms with Crippen molar-refractivity contribution < 1.29 is 14.1 Å². The molecule has 0 aliphatic rings. The van der Waals surface area contributed by atoms with E-state index < -0.39 is 0 Å². The molecule has 0 fully saturated rings. The third-order valence-corrected chi connectivity index (χ3v) is 7.57. The first-order valence-electron chi connectivity index (χ1n) is 14.1. The summed E-state index contributed by atoms with van der Waals surface area (Å²) in [6.45, 7) is 3.59. The molecule has 0 unspecified atom stereocenters. The summed E-state index contributed by atoms with van der Waals surface area (Å²) >= 11 is 7.99. The van der Waals surface area contributed by atoms with E-state index in [1.807, 2.05) is 41.4 Å². The van der Waals surface area contributed by atoms with Gasteiger partial charge in [0.2, 0.25) is 5.51 Å². The molecule has 2 aromatic carbocycles. The van der Waals surface area contributed by atoms with Crippen molar-refractivity contribution in [3.63, 3.8) is 0 Å². The van der Waals surface area contributed by atoms with Gasteiger partial charge in [0, 0.05) is 17.3 Å². The molecule has 38 heavy (non-hydrogen) atoms. The number of carbonyl (C=O) groups is 1. The molecule has 2 N–H and O–H groups in total. The van der Waals surface area contributed by atoms with Crippen LogP contribution in [0.4, 0.5) is 16.2 Å². The second-order valence-electron chi connectivity index (χ2n) is 9.82. The van der Waals surface area contributed by atoms with Crippen LogP contribution in [0.5, 0.6) is 5.75 Å². The van der Waals surface area contributed by atoms with Crippen molar-refractivity contribution in [1.82, 2.24) is 0 Å². The van der Waals surface area contributed by atoms with Gasteiger partial charge in [-0.05, 0) is 24.6 Å². The molecule has 3 aromatic rings. The predicted molar refractivity (Wildman–Crippen MR) is 161 cm³/mol. The molecule has 0 saturated heterocycles. The van der Waals surface area contributed by atoms with Gasteiger partial charge in [0.05, 0.1) is 22.7 Å². The van der Waals surface area contributed by atoms with Crippen molar-refractivity contribution in [2.75, 3.05) is 17.2 Å². The average molecular weight is 557 g/mol. The molecule has 206 valence electrons. The number of unbranched alkanes of at least 4 members (excludes halogenated alkanes) is 11. The molecular formula is C31H43ClN3O2S+. The summed E-state index contributed by atoms with van der Waals surface area (Å²) < 4.78 is 8.03. The Morgan fingerprint density at radius 2 is 1.58 bits per heavy atom. The third kappa shape index (κ3) is 11.4. The monoisotopic (exact) mass is 556 g/mol. The van der Waals surface area contributed by atoms with Crippen LogP contribution in [0, 0.1) is 0 Å². The molecule has 0 radical (unpaired) electrons. The first-order chi connectivity index (χ1) is 18.7. The lowest BCUT2D eigenvalue weighted by Crippen LogP contribution is -2.31. The maximum atomic E-state index is 12.7. The van der Waals surface area contributed by atoms with Crippen molar-refractivity contribution >= 4 is 40.3 Å². The van der Waals surface area contributed by atoms with E-state index >= 15 is 0 Å². The largest absolute Gasteiger partial charge is 0.492 e. The number of thiazole rings is 1. The molecule has 0 atom stereocenters. The number of urea groups is 1. The number of ether oxygens (including phenoxy) is 1. The smallest absolute Gasteiger partial charge is 0.323 e. The van der Waals surface area contributed by atoms with Gasteiger partial charge >= 0.3 is 6.03 Å². The minimum atomic E-state index is -0.304. The standard InChI is InChI=1S/C31H42ClN3O2S/c1-2-3-4-5-6-7-8-9-10-11-12-15-21-37-30-23-27(18-19-28(30)32)33-31(36)34-29-17-14-13-16-26(29)24-35-20-22-38-25-35/h13-14,16-20,22-23,25H,2-12,15,21,24H2,1H3,(H-,33,34,36)/p+1. The fraction of sp³-hybridized carbons (Fsp3) is 0.484. The van der Waals surface area contributed by atoms with Gasteiger partial charge in [-0.2, -0.15) is 4.57 Å². The van der Waals surface area contributed by atoms with Crippen molar-refractivity contribution in [3.8, 4) is 5.75 Å². The molecule has 0 spiro atoms. The summed E-state index contributed by atoms with van der Waals surface area (Å²) in [7, 11) is 0. The average Bonchev–Trinajstić information content (AvgIpc) is 3.43. The number of rotatable bonds is 18. The van der Waals surface area contributed by atoms with Crippen LogP contribution in [-0.4, -0.2) is 12.6 Å². The molecule has 1 heterocycles. The Morgan fingerprint density at radius 1 is 0.895 bits per heavy atom. The first-order valence-corrected chi connectivity index (χ1v) is 15.5. The molecule has 3 rings (SSSR count). The summed E-state index contributed by atoms with van der Waals surface area (Å²) in [5.74, 6) is 0.599. The second kappa shape index (κ2) is 17.8. The highest BCUT2D eigenvalue weighted by atomic mass is 35.5. The Bertz CT molecular complexity index is 1070. The highest BCUT2D eigenvalue weighted by Gasteiger charge is 2.12. The maximum Gasteiger partial charge on any atom is 0.323 e. The number of para-hydroxylation sites is 1. The van der Waals surface area contributed by atoms with Gasteiger partial charge in [-0.3, -0.25) is 0 Å². The van der Waals surface area contributed by atoms with Crippen molar-refractivity contribution in [3.05, 3.63) is 70.1 Å². The zero-order chi connectivity index (χ0) is 26.8. The van der Waals surface area contributed by atoms with Gasteiger partial charge < -0.3 is 15.4 Å². The van der Waals surface area contributed by atoms with Crippen LogP contribution in [0.3, 0.4) is 0 Å². The Balaban J connectivity index is 1.34. The van der Waals surface area contributed by atoms with E-state index in [4.69, 9.17) is 16.3 Å². The number of hydrogen-bond donors (Lipinski definition) is 2. The summed E-state index contributed by atoms with van der Waals surface area (Å²) in [6.07, 6.45) is 17.7. The van der Waals surface area contributed by atoms with Gasteiger partial charge in [-0.1, -0.05) is 119 Å². The number of halogens is 1. The summed E-state index contributed by atoms with van der Waals surface area (Å²) in [5, 5.41) is 8.45. The Labute approximate surface area is 237 Å². The van der Waals surface area contributed by atoms with Crippen molar-refractivity contribution in [2.45, 2.75) is 90.5 Å². The number of benzene rings is 2. The quantitative estimate of drug-likeness (QED) is 0.121. The van der Waals surface area contributed by atoms with Gasteiger partial charge in [0.1, 0.15) is 5.75 Å². The number of hydrogen-bond acceptors (Lipinski definition) is 3. The fourth-order valence-corrected chi connectivity index (χ4v) is 5.20. The van der Waals surface area contributed by atoms with E-state index in [1.54, 1.807) is 29.5 Å². The topological polar surface area (TPSA) is 54.2 Å². The Morgan fingerprint density at radius 3 is 2.26 bits per heavy atom. The molecular weight excluding hydrogens is 514 g/mol. The molecule has 7 heteroatoms. The summed E-state index contributed by atoms with van der Waals surface area (Å²) in [6, 6.07) is 12.8. The van der Waals surface area contributed by atoms with Gasteiger partial charge in [0.25, 0.3) is 0 Å². The van der Waals surface area contributed by atoms with Crippen molar-refractivity contribution in [1.29, 1.82) is 0 Å². The highest BCUT2D eigenvalue weighted by Crippen LogP contribution is 2.28. The van der Waals surface area contributed by atoms with Gasteiger partial charge in [0.15, 0.2) is 12.7 Å². The van der Waals surface area contributed by atoms with E-state index in [0.717, 1.165) is 24.1 Å². The number of nitrogens with zero attached hydrogens (tertiary/aromatic N) is 1. The molecule has 0 bridgehead atoms. The zero-order valence-corrected chi connectivity index (χ0v) is 24.3. The summed E-state index contributed by atoms with van der Waals surface area (Å²) in [4.78, 5) is 12.7. The molecule has 1 aromatic heterocycles. The van der Waals surface area contributed by atoms with Gasteiger partial charge in [-0.25, -0.2) is 4.79 Å². The normalized spacial score (nSPS) is 10.9. The Hall–Kier alpha value is -2.57. The van der Waals surface area contributed by atoms with Crippen LogP contribution in [0.1, 0.15) is 89.5 Å². The zero-order valence-electron chi connectivity index (χ0n) is 22.7. The molecule has 5 nitrogen and oxygen atoms in total. The van der Waals surface area contributed by atoms with E-state index in [-0.39, 0.29) is 6.03 Å². The first kappa shape index (κ1) is 30.0. The number of amides is 2. The number of anilines is 2. The van der Waals surface area contributed by atoms with Crippen LogP contribution in [0.15, 0.2) is 59.6 Å². The predicted octanol–water partition coefficient (Wildman–Crippen LogP) is 9.46. The van der Waals surface area contributed by atoms with Crippen LogP contribution in [0.25, 0.3) is 0 Å². The minimum absolute atomic E-state index is 0.304. The fourth-order valence-electron chi connectivity index (χ4n) is 4.43. The Kier molecular flexibility index (Phi) is 14.1. The SMILES string of the molecule is CCCCCCCCCCCCCCOc1cc(NC(=O)Nc2ccccc2C[n+]2ccsc2)ccc1Cl. The lowest BCUT2D eigenvalue weighted by Gasteiger charge is -2.13. The molecule has 2 amide bonds. The van der Waals surface area contributed by atoms with E-state index in [1.165, 1.54) is 64.2 Å². The van der Waals surface area contributed by atoms with Crippen molar-refractivity contribution in [2.24, 2.45) is 0 Å². The number of aromatic nitrogens is 1. The van der Waals surface area contributed by atoms with Crippen LogP contribution in [-0.2, 0) is 6.54 Å². The van der Waals surface area contributed by atoms with E-state index in [2.05, 4.69) is 22.1 Å². The van der Waals surface area contributed by atoms with Crippen LogP contribution in [0.2, 0.25) is 5.02 Å².